The molecular weight excluding hydrogens is 198 g/mol. The zero-order valence-corrected chi connectivity index (χ0v) is 10.0. The zero-order chi connectivity index (χ0) is 11.4. The van der Waals surface area contributed by atoms with E-state index < -0.39 is 0 Å². The van der Waals surface area contributed by atoms with E-state index in [0.717, 1.165) is 18.1 Å². The predicted molar refractivity (Wildman–Crippen MR) is 68.5 cm³/mol. The van der Waals surface area contributed by atoms with Gasteiger partial charge in [0.15, 0.2) is 0 Å². The van der Waals surface area contributed by atoms with Gasteiger partial charge < -0.3 is 10.6 Å². The third-order valence-corrected chi connectivity index (χ3v) is 3.41. The first-order valence-electron chi connectivity index (χ1n) is 6.29. The molecule has 1 saturated heterocycles. The fourth-order valence-corrected chi connectivity index (χ4v) is 2.47. The van der Waals surface area contributed by atoms with Crippen LogP contribution in [0.25, 0.3) is 0 Å². The van der Waals surface area contributed by atoms with Crippen LogP contribution in [0.5, 0.6) is 0 Å². The van der Waals surface area contributed by atoms with E-state index in [1.165, 1.54) is 32.1 Å². The average Bonchev–Trinajstić information content (AvgIpc) is 2.55. The van der Waals surface area contributed by atoms with E-state index >= 15 is 0 Å². The van der Waals surface area contributed by atoms with Gasteiger partial charge in [0, 0.05) is 12.6 Å². The maximum Gasteiger partial charge on any atom is 0.128 e. The van der Waals surface area contributed by atoms with Gasteiger partial charge in [-0.15, -0.1) is 0 Å². The van der Waals surface area contributed by atoms with Crippen molar-refractivity contribution in [2.24, 2.45) is 0 Å². The van der Waals surface area contributed by atoms with Crippen LogP contribution in [-0.4, -0.2) is 17.6 Å². The van der Waals surface area contributed by atoms with Crippen LogP contribution in [0.1, 0.15) is 39.0 Å². The molecule has 2 rings (SSSR count). The summed E-state index contributed by atoms with van der Waals surface area (Å²) in [5, 5.41) is 0. The summed E-state index contributed by atoms with van der Waals surface area (Å²) in [6.45, 7) is 3.40. The largest absolute Gasteiger partial charge is 0.397 e. The summed E-state index contributed by atoms with van der Waals surface area (Å²) in [6.07, 6.45) is 8.23. The molecule has 2 N–H and O–H groups in total. The standard InChI is InChI=1S/C13H21N3/c1-2-12-6-4-3-5-9-16(12)13-8-7-11(14)10-15-13/h7-8,10,12H,2-6,9,14H2,1H3. The molecule has 0 amide bonds. The molecule has 0 aliphatic carbocycles. The van der Waals surface area contributed by atoms with E-state index in [0.29, 0.717) is 6.04 Å². The highest BCUT2D eigenvalue weighted by Gasteiger charge is 2.20. The minimum absolute atomic E-state index is 0.652. The van der Waals surface area contributed by atoms with Gasteiger partial charge in [0.25, 0.3) is 0 Å². The van der Waals surface area contributed by atoms with Crippen LogP contribution in [0.15, 0.2) is 18.3 Å². The third kappa shape index (κ3) is 2.46. The van der Waals surface area contributed by atoms with Crippen molar-refractivity contribution in [2.75, 3.05) is 17.2 Å². The van der Waals surface area contributed by atoms with Crippen LogP contribution in [0, 0.1) is 0 Å². The Morgan fingerprint density at radius 2 is 2.25 bits per heavy atom. The molecule has 0 aromatic carbocycles. The molecule has 3 nitrogen and oxygen atoms in total. The number of rotatable bonds is 2. The molecule has 3 heteroatoms. The molecule has 0 saturated carbocycles. The van der Waals surface area contributed by atoms with Crippen molar-refractivity contribution >= 4 is 11.5 Å². The molecule has 0 spiro atoms. The zero-order valence-electron chi connectivity index (χ0n) is 10.0. The van der Waals surface area contributed by atoms with E-state index in [1.54, 1.807) is 6.20 Å². The van der Waals surface area contributed by atoms with Crippen molar-refractivity contribution in [3.05, 3.63) is 18.3 Å². The number of nitrogen functional groups attached to an aromatic ring is 1. The van der Waals surface area contributed by atoms with Gasteiger partial charge >= 0.3 is 0 Å². The number of hydrogen-bond donors (Lipinski definition) is 1. The number of aromatic nitrogens is 1. The van der Waals surface area contributed by atoms with Gasteiger partial charge in [0.05, 0.1) is 11.9 Å². The molecule has 1 fully saturated rings. The molecule has 88 valence electrons. The first kappa shape index (κ1) is 11.2. The van der Waals surface area contributed by atoms with Gasteiger partial charge in [-0.3, -0.25) is 0 Å². The normalized spacial score (nSPS) is 21.8. The molecule has 1 unspecified atom stereocenters. The third-order valence-electron chi connectivity index (χ3n) is 3.41. The lowest BCUT2D eigenvalue weighted by molar-refractivity contribution is 0.552. The van der Waals surface area contributed by atoms with Gasteiger partial charge in [-0.05, 0) is 31.4 Å². The topological polar surface area (TPSA) is 42.1 Å². The van der Waals surface area contributed by atoms with Gasteiger partial charge in [-0.1, -0.05) is 19.8 Å². The average molecular weight is 219 g/mol. The Morgan fingerprint density at radius 3 is 2.94 bits per heavy atom. The summed E-state index contributed by atoms with van der Waals surface area (Å²) in [4.78, 5) is 6.89. The molecule has 1 aromatic heterocycles. The summed E-state index contributed by atoms with van der Waals surface area (Å²) in [6, 6.07) is 4.64. The van der Waals surface area contributed by atoms with Crippen LogP contribution in [0.4, 0.5) is 11.5 Å². The van der Waals surface area contributed by atoms with Gasteiger partial charge in [-0.2, -0.15) is 0 Å². The molecule has 16 heavy (non-hydrogen) atoms. The first-order chi connectivity index (χ1) is 7.81. The summed E-state index contributed by atoms with van der Waals surface area (Å²) >= 11 is 0. The van der Waals surface area contributed by atoms with Crippen LogP contribution >= 0.6 is 0 Å². The predicted octanol–water partition coefficient (Wildman–Crippen LogP) is 2.82. The number of nitrogens with two attached hydrogens (primary N) is 1. The van der Waals surface area contributed by atoms with Crippen molar-refractivity contribution < 1.29 is 0 Å². The van der Waals surface area contributed by atoms with Gasteiger partial charge in [0.2, 0.25) is 0 Å². The molecule has 1 aliphatic heterocycles. The van der Waals surface area contributed by atoms with Crippen molar-refractivity contribution in [3.63, 3.8) is 0 Å². The second-order valence-electron chi connectivity index (χ2n) is 4.55. The number of anilines is 2. The van der Waals surface area contributed by atoms with Crippen molar-refractivity contribution in [1.29, 1.82) is 0 Å². The lowest BCUT2D eigenvalue weighted by atomic mass is 10.1. The van der Waals surface area contributed by atoms with E-state index in [2.05, 4.69) is 16.8 Å². The number of nitrogens with zero attached hydrogens (tertiary/aromatic N) is 2. The molecular formula is C13H21N3. The minimum atomic E-state index is 0.652. The second kappa shape index (κ2) is 5.19. The Morgan fingerprint density at radius 1 is 1.38 bits per heavy atom. The Bertz CT molecular complexity index is 320. The van der Waals surface area contributed by atoms with Crippen molar-refractivity contribution in [2.45, 2.75) is 45.1 Å². The van der Waals surface area contributed by atoms with Gasteiger partial charge in [-0.25, -0.2) is 4.98 Å². The van der Waals surface area contributed by atoms with Crippen LogP contribution in [-0.2, 0) is 0 Å². The highest BCUT2D eigenvalue weighted by Crippen LogP contribution is 2.24. The lowest BCUT2D eigenvalue weighted by Gasteiger charge is -2.30. The molecule has 0 bridgehead atoms. The minimum Gasteiger partial charge on any atom is -0.397 e. The summed E-state index contributed by atoms with van der Waals surface area (Å²) in [7, 11) is 0. The van der Waals surface area contributed by atoms with Crippen molar-refractivity contribution in [1.82, 2.24) is 4.98 Å². The summed E-state index contributed by atoms with van der Waals surface area (Å²) in [5.74, 6) is 1.09. The Hall–Kier alpha value is -1.25. The number of hydrogen-bond acceptors (Lipinski definition) is 3. The van der Waals surface area contributed by atoms with Crippen LogP contribution in [0.3, 0.4) is 0 Å². The Kier molecular flexibility index (Phi) is 3.65. The highest BCUT2D eigenvalue weighted by molar-refractivity contribution is 5.46. The van der Waals surface area contributed by atoms with Gasteiger partial charge in [0.1, 0.15) is 5.82 Å². The van der Waals surface area contributed by atoms with Crippen LogP contribution in [0.2, 0.25) is 0 Å². The quantitative estimate of drug-likeness (QED) is 0.831. The number of pyridine rings is 1. The van der Waals surface area contributed by atoms with E-state index in [4.69, 9.17) is 5.73 Å². The molecule has 1 aliphatic rings. The SMILES string of the molecule is CCC1CCCCCN1c1ccc(N)cn1. The fraction of sp³-hybridized carbons (Fsp3) is 0.615. The second-order valence-corrected chi connectivity index (χ2v) is 4.55. The van der Waals surface area contributed by atoms with E-state index in [-0.39, 0.29) is 0 Å². The summed E-state index contributed by atoms with van der Waals surface area (Å²) < 4.78 is 0. The molecule has 1 atom stereocenters. The molecule has 0 radical (unpaired) electrons. The summed E-state index contributed by atoms with van der Waals surface area (Å²) in [5.41, 5.74) is 6.42. The van der Waals surface area contributed by atoms with Crippen molar-refractivity contribution in [3.8, 4) is 0 Å². The van der Waals surface area contributed by atoms with Crippen LogP contribution < -0.4 is 10.6 Å². The fourth-order valence-electron chi connectivity index (χ4n) is 2.47. The molecule has 1 aromatic rings. The van der Waals surface area contributed by atoms with E-state index in [1.807, 2.05) is 12.1 Å². The Balaban J connectivity index is 2.18. The lowest BCUT2D eigenvalue weighted by Crippen LogP contribution is -2.34. The monoisotopic (exact) mass is 219 g/mol. The first-order valence-corrected chi connectivity index (χ1v) is 6.29. The smallest absolute Gasteiger partial charge is 0.128 e. The Labute approximate surface area is 97.7 Å². The van der Waals surface area contributed by atoms with E-state index in [9.17, 15) is 0 Å². The maximum atomic E-state index is 5.67. The maximum absolute atomic E-state index is 5.67. The molecule has 2 heterocycles. The highest BCUT2D eigenvalue weighted by atomic mass is 15.2.